The van der Waals surface area contributed by atoms with Crippen molar-refractivity contribution < 1.29 is 14.3 Å². The Balaban J connectivity index is 2.44. The zero-order chi connectivity index (χ0) is 9.03. The zero-order valence-electron chi connectivity index (χ0n) is 7.13. The normalized spacial score (nSPS) is 28.4. The standard InChI is InChI=1S/C8H13NO3/c1-3-4-12-7(10)8(2)5-11-6-9-8/h3,9H,1,4-6H2,2H3. The SMILES string of the molecule is C=CCOC(=O)C1(C)COCN1. The third kappa shape index (κ3) is 1.84. The first-order valence-electron chi connectivity index (χ1n) is 3.80. The Labute approximate surface area is 71.5 Å². The number of carbonyl (C=O) groups excluding carboxylic acids is 1. The van der Waals surface area contributed by atoms with E-state index in [1.165, 1.54) is 6.08 Å². The van der Waals surface area contributed by atoms with Crippen molar-refractivity contribution in [2.24, 2.45) is 0 Å². The molecule has 1 saturated heterocycles. The molecule has 1 aliphatic rings. The lowest BCUT2D eigenvalue weighted by Gasteiger charge is -2.19. The molecule has 1 fully saturated rings. The molecular weight excluding hydrogens is 158 g/mol. The van der Waals surface area contributed by atoms with E-state index in [0.717, 1.165) is 0 Å². The number of hydrogen-bond acceptors (Lipinski definition) is 4. The minimum absolute atomic E-state index is 0.246. The number of ether oxygens (including phenoxy) is 2. The van der Waals surface area contributed by atoms with Gasteiger partial charge in [-0.05, 0) is 6.92 Å². The molecule has 1 N–H and O–H groups in total. The van der Waals surface area contributed by atoms with Gasteiger partial charge in [0.05, 0.1) is 13.3 Å². The average Bonchev–Trinajstić information content (AvgIpc) is 2.49. The Bertz CT molecular complexity index is 185. The number of hydrogen-bond donors (Lipinski definition) is 1. The second-order valence-electron chi connectivity index (χ2n) is 2.89. The second-order valence-corrected chi connectivity index (χ2v) is 2.89. The summed E-state index contributed by atoms with van der Waals surface area (Å²) < 4.78 is 9.90. The molecule has 68 valence electrons. The van der Waals surface area contributed by atoms with E-state index in [2.05, 4.69) is 11.9 Å². The summed E-state index contributed by atoms with van der Waals surface area (Å²) >= 11 is 0. The highest BCUT2D eigenvalue weighted by atomic mass is 16.5. The minimum atomic E-state index is -0.678. The topological polar surface area (TPSA) is 47.6 Å². The van der Waals surface area contributed by atoms with Crippen LogP contribution in [-0.4, -0.2) is 31.5 Å². The van der Waals surface area contributed by atoms with Crippen LogP contribution in [-0.2, 0) is 14.3 Å². The van der Waals surface area contributed by atoms with Crippen LogP contribution in [0.5, 0.6) is 0 Å². The highest BCUT2D eigenvalue weighted by molar-refractivity contribution is 5.80. The molecule has 0 aromatic heterocycles. The smallest absolute Gasteiger partial charge is 0.328 e. The summed E-state index contributed by atoms with van der Waals surface area (Å²) in [5.74, 6) is -0.292. The van der Waals surface area contributed by atoms with E-state index in [0.29, 0.717) is 13.3 Å². The summed E-state index contributed by atoms with van der Waals surface area (Å²) in [5, 5.41) is 2.91. The van der Waals surface area contributed by atoms with Gasteiger partial charge in [-0.15, -0.1) is 0 Å². The molecule has 0 saturated carbocycles. The van der Waals surface area contributed by atoms with Gasteiger partial charge in [0.1, 0.15) is 12.1 Å². The van der Waals surface area contributed by atoms with E-state index in [1.807, 2.05) is 0 Å². The summed E-state index contributed by atoms with van der Waals surface area (Å²) in [7, 11) is 0. The predicted octanol–water partition coefficient (Wildman–Crippen LogP) is 0.0516. The van der Waals surface area contributed by atoms with Crippen molar-refractivity contribution in [1.29, 1.82) is 0 Å². The Morgan fingerprint density at radius 2 is 2.67 bits per heavy atom. The summed E-state index contributed by atoms with van der Waals surface area (Å²) in [6, 6.07) is 0. The van der Waals surface area contributed by atoms with Crippen LogP contribution in [0.4, 0.5) is 0 Å². The van der Waals surface area contributed by atoms with Gasteiger partial charge in [-0.25, -0.2) is 4.79 Å². The number of nitrogens with one attached hydrogen (secondary N) is 1. The van der Waals surface area contributed by atoms with Crippen LogP contribution in [0, 0.1) is 0 Å². The fourth-order valence-electron chi connectivity index (χ4n) is 0.941. The lowest BCUT2D eigenvalue weighted by Crippen LogP contribution is -2.48. The Hall–Kier alpha value is -0.870. The largest absolute Gasteiger partial charge is 0.460 e. The first-order chi connectivity index (χ1) is 5.69. The maximum absolute atomic E-state index is 11.3. The fraction of sp³-hybridized carbons (Fsp3) is 0.625. The molecular formula is C8H13NO3. The van der Waals surface area contributed by atoms with Crippen LogP contribution in [0.1, 0.15) is 6.92 Å². The van der Waals surface area contributed by atoms with Crippen LogP contribution in [0.3, 0.4) is 0 Å². The summed E-state index contributed by atoms with van der Waals surface area (Å²) in [4.78, 5) is 11.3. The van der Waals surface area contributed by atoms with Crippen molar-refractivity contribution in [2.75, 3.05) is 19.9 Å². The number of esters is 1. The second kappa shape index (κ2) is 3.69. The average molecular weight is 171 g/mol. The van der Waals surface area contributed by atoms with E-state index in [9.17, 15) is 4.79 Å². The predicted molar refractivity (Wildman–Crippen MR) is 43.5 cm³/mol. The molecule has 1 aliphatic heterocycles. The molecule has 0 spiro atoms. The van der Waals surface area contributed by atoms with Gasteiger partial charge >= 0.3 is 5.97 Å². The van der Waals surface area contributed by atoms with Crippen LogP contribution in [0.2, 0.25) is 0 Å². The fourth-order valence-corrected chi connectivity index (χ4v) is 0.941. The summed E-state index contributed by atoms with van der Waals surface area (Å²) in [6.45, 7) is 6.22. The molecule has 0 aliphatic carbocycles. The van der Waals surface area contributed by atoms with Gasteiger partial charge in [-0.3, -0.25) is 5.32 Å². The van der Waals surface area contributed by atoms with Gasteiger partial charge in [0, 0.05) is 0 Å². The van der Waals surface area contributed by atoms with E-state index in [1.54, 1.807) is 6.92 Å². The molecule has 12 heavy (non-hydrogen) atoms. The van der Waals surface area contributed by atoms with Gasteiger partial charge in [-0.2, -0.15) is 0 Å². The lowest BCUT2D eigenvalue weighted by atomic mass is 10.1. The molecule has 4 heteroatoms. The van der Waals surface area contributed by atoms with E-state index < -0.39 is 5.54 Å². The lowest BCUT2D eigenvalue weighted by molar-refractivity contribution is -0.149. The molecule has 4 nitrogen and oxygen atoms in total. The van der Waals surface area contributed by atoms with Crippen molar-refractivity contribution >= 4 is 5.97 Å². The maximum atomic E-state index is 11.3. The van der Waals surface area contributed by atoms with Crippen LogP contribution < -0.4 is 5.32 Å². The number of carbonyl (C=O) groups is 1. The first kappa shape index (κ1) is 9.22. The molecule has 0 aromatic rings. The van der Waals surface area contributed by atoms with Crippen LogP contribution in [0.15, 0.2) is 12.7 Å². The minimum Gasteiger partial charge on any atom is -0.460 e. The Kier molecular flexibility index (Phi) is 2.83. The Morgan fingerprint density at radius 3 is 3.17 bits per heavy atom. The molecule has 1 atom stereocenters. The quantitative estimate of drug-likeness (QED) is 0.481. The van der Waals surface area contributed by atoms with Gasteiger partial charge in [0.2, 0.25) is 0 Å². The molecule has 0 bridgehead atoms. The summed E-state index contributed by atoms with van der Waals surface area (Å²) in [6.07, 6.45) is 1.54. The molecule has 1 heterocycles. The van der Waals surface area contributed by atoms with E-state index in [-0.39, 0.29) is 12.6 Å². The van der Waals surface area contributed by atoms with Crippen LogP contribution in [0.25, 0.3) is 0 Å². The summed E-state index contributed by atoms with van der Waals surface area (Å²) in [5.41, 5.74) is -0.678. The van der Waals surface area contributed by atoms with Crippen molar-refractivity contribution in [2.45, 2.75) is 12.5 Å². The van der Waals surface area contributed by atoms with E-state index >= 15 is 0 Å². The number of rotatable bonds is 3. The van der Waals surface area contributed by atoms with Crippen molar-refractivity contribution in [3.63, 3.8) is 0 Å². The van der Waals surface area contributed by atoms with E-state index in [4.69, 9.17) is 9.47 Å². The van der Waals surface area contributed by atoms with Gasteiger partial charge in [-0.1, -0.05) is 12.7 Å². The van der Waals surface area contributed by atoms with Gasteiger partial charge in [0.15, 0.2) is 0 Å². The van der Waals surface area contributed by atoms with Gasteiger partial charge < -0.3 is 9.47 Å². The maximum Gasteiger partial charge on any atom is 0.328 e. The molecule has 1 rings (SSSR count). The molecule has 0 amide bonds. The molecule has 1 unspecified atom stereocenters. The first-order valence-corrected chi connectivity index (χ1v) is 3.80. The van der Waals surface area contributed by atoms with Gasteiger partial charge in [0.25, 0.3) is 0 Å². The monoisotopic (exact) mass is 171 g/mol. The van der Waals surface area contributed by atoms with Crippen LogP contribution >= 0.6 is 0 Å². The zero-order valence-corrected chi connectivity index (χ0v) is 7.13. The van der Waals surface area contributed by atoms with Crippen molar-refractivity contribution in [1.82, 2.24) is 5.32 Å². The third-order valence-corrected chi connectivity index (χ3v) is 1.74. The highest BCUT2D eigenvalue weighted by Crippen LogP contribution is 2.11. The molecule has 0 radical (unpaired) electrons. The highest BCUT2D eigenvalue weighted by Gasteiger charge is 2.38. The molecule has 0 aromatic carbocycles. The van der Waals surface area contributed by atoms with Crippen molar-refractivity contribution in [3.8, 4) is 0 Å². The third-order valence-electron chi connectivity index (χ3n) is 1.74. The van der Waals surface area contributed by atoms with Crippen molar-refractivity contribution in [3.05, 3.63) is 12.7 Å². The Morgan fingerprint density at radius 1 is 1.92 bits per heavy atom.